The van der Waals surface area contributed by atoms with Crippen molar-refractivity contribution in [2.45, 2.75) is 43.9 Å². The summed E-state index contributed by atoms with van der Waals surface area (Å²) in [7, 11) is 0. The highest BCUT2D eigenvalue weighted by Crippen LogP contribution is 2.25. The number of carbonyl (C=O) groups excluding carboxylic acids is 1. The zero-order chi connectivity index (χ0) is 23.4. The van der Waals surface area contributed by atoms with Gasteiger partial charge in [0.2, 0.25) is 0 Å². The van der Waals surface area contributed by atoms with Crippen LogP contribution in [0.5, 0.6) is 0 Å². The summed E-state index contributed by atoms with van der Waals surface area (Å²) < 4.78 is 5.74. The van der Waals surface area contributed by atoms with Gasteiger partial charge in [-0.05, 0) is 38.1 Å². The SMILES string of the molecule is CCN1CCN(c2cc(Cl)nc(SCc3ccc(C(=O)N4CC(C)OC(C)C4)cc3)n2)CC1. The van der Waals surface area contributed by atoms with Crippen molar-refractivity contribution in [1.29, 1.82) is 0 Å². The number of morpholine rings is 1. The molecule has 33 heavy (non-hydrogen) atoms. The number of thioether (sulfide) groups is 1. The van der Waals surface area contributed by atoms with Crippen LogP contribution in [-0.4, -0.2) is 83.7 Å². The number of piperazine rings is 1. The van der Waals surface area contributed by atoms with Crippen LogP contribution in [0.4, 0.5) is 5.82 Å². The van der Waals surface area contributed by atoms with E-state index in [9.17, 15) is 4.79 Å². The third kappa shape index (κ3) is 6.38. The number of benzene rings is 1. The van der Waals surface area contributed by atoms with E-state index in [0.717, 1.165) is 44.1 Å². The predicted octanol–water partition coefficient (Wildman–Crippen LogP) is 3.81. The summed E-state index contributed by atoms with van der Waals surface area (Å²) in [4.78, 5) is 28.6. The molecular weight excluding hydrogens is 458 g/mol. The van der Waals surface area contributed by atoms with Gasteiger partial charge in [-0.2, -0.15) is 0 Å². The lowest BCUT2D eigenvalue weighted by Gasteiger charge is -2.35. The lowest BCUT2D eigenvalue weighted by atomic mass is 10.1. The molecule has 1 amide bonds. The van der Waals surface area contributed by atoms with Crippen LogP contribution < -0.4 is 4.90 Å². The Morgan fingerprint density at radius 2 is 1.76 bits per heavy atom. The van der Waals surface area contributed by atoms with Crippen LogP contribution in [0.15, 0.2) is 35.5 Å². The molecule has 2 atom stereocenters. The van der Waals surface area contributed by atoms with Crippen molar-refractivity contribution in [3.05, 3.63) is 46.6 Å². The lowest BCUT2D eigenvalue weighted by Crippen LogP contribution is -2.48. The van der Waals surface area contributed by atoms with Crippen LogP contribution in [0.3, 0.4) is 0 Å². The predicted molar refractivity (Wildman–Crippen MR) is 133 cm³/mol. The Kier molecular flexibility index (Phi) is 8.11. The first kappa shape index (κ1) is 24.3. The minimum Gasteiger partial charge on any atom is -0.372 e. The largest absolute Gasteiger partial charge is 0.372 e. The van der Waals surface area contributed by atoms with Crippen molar-refractivity contribution in [2.75, 3.05) is 50.7 Å². The maximum absolute atomic E-state index is 12.9. The quantitative estimate of drug-likeness (QED) is 0.347. The number of hydrogen-bond donors (Lipinski definition) is 0. The highest BCUT2D eigenvalue weighted by molar-refractivity contribution is 7.98. The van der Waals surface area contributed by atoms with E-state index in [2.05, 4.69) is 21.7 Å². The van der Waals surface area contributed by atoms with Crippen molar-refractivity contribution < 1.29 is 9.53 Å². The third-order valence-electron chi connectivity index (χ3n) is 6.08. The average molecular weight is 490 g/mol. The van der Waals surface area contributed by atoms with Gasteiger partial charge in [0.15, 0.2) is 5.16 Å². The van der Waals surface area contributed by atoms with Gasteiger partial charge in [0.1, 0.15) is 11.0 Å². The summed E-state index contributed by atoms with van der Waals surface area (Å²) in [6.07, 6.45) is 0.123. The summed E-state index contributed by atoms with van der Waals surface area (Å²) >= 11 is 7.86. The molecule has 0 bridgehead atoms. The Hall–Kier alpha value is -1.87. The molecule has 0 N–H and O–H groups in total. The average Bonchev–Trinajstić information content (AvgIpc) is 2.82. The molecule has 2 aliphatic heterocycles. The number of halogens is 1. The van der Waals surface area contributed by atoms with Crippen LogP contribution in [0.1, 0.15) is 36.7 Å². The van der Waals surface area contributed by atoms with Crippen molar-refractivity contribution in [1.82, 2.24) is 19.8 Å². The molecule has 0 radical (unpaired) electrons. The van der Waals surface area contributed by atoms with E-state index in [1.807, 2.05) is 49.1 Å². The first-order valence-corrected chi connectivity index (χ1v) is 13.0. The van der Waals surface area contributed by atoms with E-state index >= 15 is 0 Å². The van der Waals surface area contributed by atoms with Crippen molar-refractivity contribution in [2.24, 2.45) is 0 Å². The minimum atomic E-state index is 0.0576. The summed E-state index contributed by atoms with van der Waals surface area (Å²) in [5.74, 6) is 1.66. The van der Waals surface area contributed by atoms with Gasteiger partial charge in [0.05, 0.1) is 12.2 Å². The van der Waals surface area contributed by atoms with Crippen LogP contribution in [0.25, 0.3) is 0 Å². The van der Waals surface area contributed by atoms with Gasteiger partial charge in [-0.3, -0.25) is 4.79 Å². The molecular formula is C24H32ClN5O2S. The number of anilines is 1. The van der Waals surface area contributed by atoms with Gasteiger partial charge >= 0.3 is 0 Å². The molecule has 178 valence electrons. The monoisotopic (exact) mass is 489 g/mol. The summed E-state index contributed by atoms with van der Waals surface area (Å²) in [5.41, 5.74) is 1.82. The number of amides is 1. The molecule has 7 nitrogen and oxygen atoms in total. The Labute approximate surface area is 205 Å². The molecule has 9 heteroatoms. The van der Waals surface area contributed by atoms with Crippen LogP contribution in [0, 0.1) is 0 Å². The molecule has 4 rings (SSSR count). The first-order chi connectivity index (χ1) is 15.9. The van der Waals surface area contributed by atoms with E-state index in [1.54, 1.807) is 11.8 Å². The molecule has 2 aliphatic rings. The fraction of sp³-hybridized carbons (Fsp3) is 0.542. The van der Waals surface area contributed by atoms with Gasteiger partial charge in [0, 0.05) is 56.7 Å². The molecule has 2 saturated heterocycles. The van der Waals surface area contributed by atoms with Gasteiger partial charge in [-0.15, -0.1) is 0 Å². The Morgan fingerprint density at radius 1 is 1.09 bits per heavy atom. The second-order valence-electron chi connectivity index (χ2n) is 8.71. The van der Waals surface area contributed by atoms with Gasteiger partial charge in [0.25, 0.3) is 5.91 Å². The Balaban J connectivity index is 1.35. The maximum Gasteiger partial charge on any atom is 0.254 e. The van der Waals surface area contributed by atoms with Crippen molar-refractivity contribution in [3.63, 3.8) is 0 Å². The molecule has 0 saturated carbocycles. The van der Waals surface area contributed by atoms with E-state index < -0.39 is 0 Å². The van der Waals surface area contributed by atoms with Gasteiger partial charge in [-0.1, -0.05) is 42.4 Å². The number of aromatic nitrogens is 2. The maximum atomic E-state index is 12.9. The number of rotatable bonds is 6. The number of likely N-dealkylation sites (N-methyl/N-ethyl adjacent to an activating group) is 1. The molecule has 2 aromatic rings. The molecule has 0 spiro atoms. The summed E-state index contributed by atoms with van der Waals surface area (Å²) in [5, 5.41) is 1.14. The number of carbonyl (C=O) groups is 1. The highest BCUT2D eigenvalue weighted by Gasteiger charge is 2.26. The number of hydrogen-bond acceptors (Lipinski definition) is 7. The zero-order valence-corrected chi connectivity index (χ0v) is 21.1. The lowest BCUT2D eigenvalue weighted by molar-refractivity contribution is -0.0586. The van der Waals surface area contributed by atoms with Crippen LogP contribution in [-0.2, 0) is 10.5 Å². The first-order valence-electron chi connectivity index (χ1n) is 11.6. The summed E-state index contributed by atoms with van der Waals surface area (Å²) in [6.45, 7) is 12.5. The Morgan fingerprint density at radius 3 is 2.39 bits per heavy atom. The van der Waals surface area contributed by atoms with E-state index in [1.165, 1.54) is 0 Å². The standard InChI is InChI=1S/C24H32ClN5O2S/c1-4-28-9-11-29(12-10-28)22-13-21(25)26-24(27-22)33-16-19-5-7-20(8-6-19)23(31)30-14-17(2)32-18(3)15-30/h5-8,13,17-18H,4,9-12,14-16H2,1-3H3. The Bertz CT molecular complexity index is 942. The van der Waals surface area contributed by atoms with Crippen molar-refractivity contribution >= 4 is 35.1 Å². The van der Waals surface area contributed by atoms with Gasteiger partial charge < -0.3 is 19.4 Å². The van der Waals surface area contributed by atoms with E-state index in [0.29, 0.717) is 34.7 Å². The second kappa shape index (κ2) is 11.0. The molecule has 3 heterocycles. The van der Waals surface area contributed by atoms with E-state index in [-0.39, 0.29) is 18.1 Å². The molecule has 2 fully saturated rings. The molecule has 2 unspecified atom stereocenters. The number of ether oxygens (including phenoxy) is 1. The van der Waals surface area contributed by atoms with Crippen molar-refractivity contribution in [3.8, 4) is 0 Å². The highest BCUT2D eigenvalue weighted by atomic mass is 35.5. The zero-order valence-electron chi connectivity index (χ0n) is 19.5. The topological polar surface area (TPSA) is 61.8 Å². The van der Waals surface area contributed by atoms with Gasteiger partial charge in [-0.25, -0.2) is 9.97 Å². The minimum absolute atomic E-state index is 0.0576. The third-order valence-corrected chi connectivity index (χ3v) is 7.19. The fourth-order valence-corrected chi connectivity index (χ4v) is 5.36. The second-order valence-corrected chi connectivity index (χ2v) is 10.0. The summed E-state index contributed by atoms with van der Waals surface area (Å²) in [6, 6.07) is 9.66. The smallest absolute Gasteiger partial charge is 0.254 e. The van der Waals surface area contributed by atoms with Crippen LogP contribution >= 0.6 is 23.4 Å². The normalized spacial score (nSPS) is 21.9. The van der Waals surface area contributed by atoms with Crippen LogP contribution in [0.2, 0.25) is 5.15 Å². The molecule has 0 aliphatic carbocycles. The molecule has 1 aromatic carbocycles. The molecule has 1 aromatic heterocycles. The van der Waals surface area contributed by atoms with E-state index in [4.69, 9.17) is 21.3 Å². The fourth-order valence-electron chi connectivity index (χ4n) is 4.32. The number of nitrogens with zero attached hydrogens (tertiary/aromatic N) is 5.